The molecular weight excluding hydrogens is 468 g/mol. The van der Waals surface area contributed by atoms with Crippen LogP contribution >= 0.6 is 0 Å². The molecule has 0 radical (unpaired) electrons. The molecule has 0 amide bonds. The fourth-order valence-electron chi connectivity index (χ4n) is 6.20. The standard InChI is InChI=1S/C39H26/c1-3-14-27-25-37(31-19-8-7-18-30(31)28(27)4-2)39-35-22-11-9-20-33(35)38(34-21-10-12-23-36(34)39)32-24-13-16-26-15-5-6-17-29(26)32/h3-9,11,13-25H,2H2,1H3/b14-3-. The van der Waals surface area contributed by atoms with Crippen molar-refractivity contribution in [3.63, 3.8) is 0 Å². The summed E-state index contributed by atoms with van der Waals surface area (Å²) in [5.41, 5.74) is 16.2. The van der Waals surface area contributed by atoms with E-state index in [0.29, 0.717) is 0 Å². The highest BCUT2D eigenvalue weighted by atomic mass is 14.2. The molecule has 0 fully saturated rings. The predicted octanol–water partition coefficient (Wildman–Crippen LogP) is 11.0. The van der Waals surface area contributed by atoms with Gasteiger partial charge in [0.25, 0.3) is 0 Å². The molecule has 0 aliphatic heterocycles. The number of rotatable bonds is 4. The molecule has 0 saturated carbocycles. The summed E-state index contributed by atoms with van der Waals surface area (Å²) in [5.74, 6) is 0. The van der Waals surface area contributed by atoms with E-state index in [1.807, 2.05) is 6.08 Å². The molecule has 0 saturated heterocycles. The van der Waals surface area contributed by atoms with Crippen molar-refractivity contribution >= 4 is 56.6 Å². The molecule has 0 N–H and O–H groups in total. The van der Waals surface area contributed by atoms with Crippen molar-refractivity contribution in [2.75, 3.05) is 0 Å². The lowest BCUT2D eigenvalue weighted by Crippen LogP contribution is -1.99. The van der Waals surface area contributed by atoms with E-state index in [9.17, 15) is 0 Å². The van der Waals surface area contributed by atoms with Crippen LogP contribution in [0.15, 0.2) is 121 Å². The highest BCUT2D eigenvalue weighted by Crippen LogP contribution is 2.47. The zero-order valence-electron chi connectivity index (χ0n) is 21.8. The van der Waals surface area contributed by atoms with E-state index in [2.05, 4.69) is 146 Å². The van der Waals surface area contributed by atoms with Crippen molar-refractivity contribution in [3.05, 3.63) is 143 Å². The number of hydrogen-bond donors (Lipinski definition) is 0. The molecule has 0 unspecified atom stereocenters. The fraction of sp³-hybridized carbons (Fsp3) is 0.0256. The molecule has 0 nitrogen and oxygen atoms in total. The van der Waals surface area contributed by atoms with Crippen LogP contribution in [0.1, 0.15) is 29.2 Å². The van der Waals surface area contributed by atoms with Crippen LogP contribution < -0.4 is 0 Å². The molecule has 1 aliphatic carbocycles. The Labute approximate surface area is 228 Å². The van der Waals surface area contributed by atoms with E-state index >= 15 is 0 Å². The molecule has 182 valence electrons. The summed E-state index contributed by atoms with van der Waals surface area (Å²) < 4.78 is 0. The van der Waals surface area contributed by atoms with E-state index < -0.39 is 0 Å². The normalized spacial score (nSPS) is 12.1. The summed E-state index contributed by atoms with van der Waals surface area (Å²) in [6.07, 6.45) is 10.5. The third-order valence-corrected chi connectivity index (χ3v) is 7.81. The van der Waals surface area contributed by atoms with Gasteiger partial charge in [-0.2, -0.15) is 0 Å². The Morgan fingerprint density at radius 1 is 0.590 bits per heavy atom. The molecule has 0 bridgehead atoms. The second kappa shape index (κ2) is 9.32. The van der Waals surface area contributed by atoms with Crippen LogP contribution in [0.4, 0.5) is 0 Å². The first-order chi connectivity index (χ1) is 19.3. The van der Waals surface area contributed by atoms with Crippen molar-refractivity contribution in [3.8, 4) is 22.3 Å². The van der Waals surface area contributed by atoms with Crippen LogP contribution in [0.2, 0.25) is 0 Å². The summed E-state index contributed by atoms with van der Waals surface area (Å²) in [7, 11) is 0. The van der Waals surface area contributed by atoms with E-state index in [1.54, 1.807) is 0 Å². The Morgan fingerprint density at radius 3 is 1.82 bits per heavy atom. The van der Waals surface area contributed by atoms with Crippen molar-refractivity contribution in [1.29, 1.82) is 0 Å². The Kier molecular flexibility index (Phi) is 5.50. The van der Waals surface area contributed by atoms with Gasteiger partial charge in [-0.05, 0) is 102 Å². The summed E-state index contributed by atoms with van der Waals surface area (Å²) >= 11 is 0. The van der Waals surface area contributed by atoms with Gasteiger partial charge in [-0.25, -0.2) is 0 Å². The topological polar surface area (TPSA) is 0 Å². The Balaban J connectivity index is 1.68. The molecule has 0 aromatic heterocycles. The van der Waals surface area contributed by atoms with E-state index in [0.717, 1.165) is 5.56 Å². The van der Waals surface area contributed by atoms with E-state index in [4.69, 9.17) is 0 Å². The van der Waals surface area contributed by atoms with Gasteiger partial charge in [0.2, 0.25) is 0 Å². The van der Waals surface area contributed by atoms with Crippen molar-refractivity contribution in [2.45, 2.75) is 6.92 Å². The van der Waals surface area contributed by atoms with Gasteiger partial charge < -0.3 is 0 Å². The molecule has 0 atom stereocenters. The maximum atomic E-state index is 4.15. The first-order valence-corrected chi connectivity index (χ1v) is 13.4. The van der Waals surface area contributed by atoms with Crippen molar-refractivity contribution < 1.29 is 0 Å². The van der Waals surface area contributed by atoms with Crippen LogP contribution in [0.3, 0.4) is 0 Å². The second-order valence-corrected chi connectivity index (χ2v) is 9.90. The lowest BCUT2D eigenvalue weighted by molar-refractivity contribution is 1.58. The van der Waals surface area contributed by atoms with Crippen molar-refractivity contribution in [2.24, 2.45) is 0 Å². The molecule has 6 aromatic rings. The SMILES string of the molecule is C=Cc1c(/C=C\C)cc(-c2c3c(c(-c4cccc5ccccc45)c4ccccc24)C=C=C=C3)c2ccccc12. The van der Waals surface area contributed by atoms with Gasteiger partial charge in [-0.1, -0.05) is 127 Å². The number of hydrogen-bond acceptors (Lipinski definition) is 0. The minimum Gasteiger partial charge on any atom is -0.0984 e. The van der Waals surface area contributed by atoms with Gasteiger partial charge >= 0.3 is 0 Å². The minimum absolute atomic E-state index is 1.16. The van der Waals surface area contributed by atoms with Gasteiger partial charge in [0.05, 0.1) is 0 Å². The van der Waals surface area contributed by atoms with Crippen LogP contribution in [-0.2, 0) is 0 Å². The quantitative estimate of drug-likeness (QED) is 0.213. The fourth-order valence-corrected chi connectivity index (χ4v) is 6.20. The Bertz CT molecular complexity index is 2100. The van der Waals surface area contributed by atoms with Gasteiger partial charge in [0.1, 0.15) is 0 Å². The zero-order valence-corrected chi connectivity index (χ0v) is 21.8. The van der Waals surface area contributed by atoms with Gasteiger partial charge in [-0.3, -0.25) is 0 Å². The van der Waals surface area contributed by atoms with Crippen LogP contribution in [0.25, 0.3) is 78.9 Å². The molecule has 0 heterocycles. The third-order valence-electron chi connectivity index (χ3n) is 7.81. The van der Waals surface area contributed by atoms with Gasteiger partial charge in [0.15, 0.2) is 0 Å². The highest BCUT2D eigenvalue weighted by molar-refractivity contribution is 6.18. The number of allylic oxidation sites excluding steroid dienone is 1. The van der Waals surface area contributed by atoms with E-state index in [1.165, 1.54) is 71.3 Å². The Hall–Kier alpha value is -5.12. The van der Waals surface area contributed by atoms with E-state index in [-0.39, 0.29) is 0 Å². The molecule has 39 heavy (non-hydrogen) atoms. The van der Waals surface area contributed by atoms with Crippen LogP contribution in [0, 0.1) is 0 Å². The van der Waals surface area contributed by atoms with Gasteiger partial charge in [0, 0.05) is 0 Å². The number of benzene rings is 6. The molecule has 6 aromatic carbocycles. The predicted molar refractivity (Wildman–Crippen MR) is 171 cm³/mol. The molecule has 0 spiro atoms. The largest absolute Gasteiger partial charge is 0.0984 e. The zero-order chi connectivity index (χ0) is 26.3. The minimum atomic E-state index is 1.16. The summed E-state index contributed by atoms with van der Waals surface area (Å²) in [5, 5.41) is 7.39. The smallest absolute Gasteiger partial charge is 0.000231 e. The maximum absolute atomic E-state index is 4.15. The van der Waals surface area contributed by atoms with Crippen LogP contribution in [0.5, 0.6) is 0 Å². The second-order valence-electron chi connectivity index (χ2n) is 9.90. The Morgan fingerprint density at radius 2 is 1.15 bits per heavy atom. The molecule has 0 heteroatoms. The molecule has 7 rings (SSSR count). The third kappa shape index (κ3) is 3.56. The maximum Gasteiger partial charge on any atom is -0.000231 e. The lowest BCUT2D eigenvalue weighted by atomic mass is 9.80. The lowest BCUT2D eigenvalue weighted by Gasteiger charge is -2.23. The summed E-state index contributed by atoms with van der Waals surface area (Å²) in [4.78, 5) is 0. The van der Waals surface area contributed by atoms with Crippen molar-refractivity contribution in [1.82, 2.24) is 0 Å². The summed E-state index contributed by atoms with van der Waals surface area (Å²) in [6.45, 7) is 6.22. The molecule has 1 aliphatic rings. The average Bonchev–Trinajstić information content (AvgIpc) is 2.99. The molecular formula is C39H26. The number of fused-ring (bicyclic) bond motifs is 4. The average molecular weight is 495 g/mol. The monoisotopic (exact) mass is 494 g/mol. The van der Waals surface area contributed by atoms with Gasteiger partial charge in [-0.15, -0.1) is 0 Å². The summed E-state index contributed by atoms with van der Waals surface area (Å²) in [6, 6.07) is 35.1. The first-order valence-electron chi connectivity index (χ1n) is 13.4. The first kappa shape index (κ1) is 23.0. The highest BCUT2D eigenvalue weighted by Gasteiger charge is 2.23. The van der Waals surface area contributed by atoms with Crippen LogP contribution in [-0.4, -0.2) is 0 Å².